The highest BCUT2D eigenvalue weighted by Gasteiger charge is 2.21. The lowest BCUT2D eigenvalue weighted by molar-refractivity contribution is 0.471. The summed E-state index contributed by atoms with van der Waals surface area (Å²) in [5.41, 5.74) is 2.13. The Balaban J connectivity index is 2.00. The van der Waals surface area contributed by atoms with Crippen molar-refractivity contribution in [3.8, 4) is 0 Å². The van der Waals surface area contributed by atoms with Gasteiger partial charge in [-0.3, -0.25) is 0 Å². The Morgan fingerprint density at radius 3 is 2.39 bits per heavy atom. The Bertz CT molecular complexity index is 417. The van der Waals surface area contributed by atoms with Gasteiger partial charge in [0.15, 0.2) is 11.0 Å². The van der Waals surface area contributed by atoms with Crippen molar-refractivity contribution in [1.82, 2.24) is 10.2 Å². The van der Waals surface area contributed by atoms with E-state index in [9.17, 15) is 0 Å². The van der Waals surface area contributed by atoms with Gasteiger partial charge in [0, 0.05) is 11.3 Å². The van der Waals surface area contributed by atoms with Gasteiger partial charge in [-0.15, -0.1) is 10.2 Å². The second-order valence-corrected chi connectivity index (χ2v) is 6.44. The lowest BCUT2D eigenvalue weighted by Gasteiger charge is -2.28. The quantitative estimate of drug-likeness (QED) is 0.916. The van der Waals surface area contributed by atoms with Crippen LogP contribution < -0.4 is 5.32 Å². The Morgan fingerprint density at radius 1 is 1.11 bits per heavy atom. The van der Waals surface area contributed by atoms with Crippen LogP contribution in [0.3, 0.4) is 0 Å². The Morgan fingerprint density at radius 2 is 1.78 bits per heavy atom. The van der Waals surface area contributed by atoms with Gasteiger partial charge in [0.25, 0.3) is 0 Å². The van der Waals surface area contributed by atoms with Crippen molar-refractivity contribution in [2.24, 2.45) is 0 Å². The number of thioether (sulfide) groups is 1. The summed E-state index contributed by atoms with van der Waals surface area (Å²) in [6, 6.07) is 0.530. The average Bonchev–Trinajstić information content (AvgIpc) is 2.40. The molecule has 2 rings (SSSR count). The molecule has 1 aliphatic carbocycles. The largest absolute Gasteiger partial charge is 0.366 e. The molecule has 100 valence electrons. The molecule has 0 saturated heterocycles. The second-order valence-electron chi connectivity index (χ2n) is 4.94. The number of rotatable bonds is 3. The van der Waals surface area contributed by atoms with Crippen molar-refractivity contribution in [1.29, 1.82) is 0 Å². The van der Waals surface area contributed by atoms with Crippen LogP contribution in [0.15, 0.2) is 0 Å². The van der Waals surface area contributed by atoms with Crippen LogP contribution in [0, 0.1) is 13.8 Å². The maximum Gasteiger partial charge on any atom is 0.155 e. The number of nitrogens with zero attached hydrogens (tertiary/aromatic N) is 2. The fraction of sp³-hybridized carbons (Fsp3) is 0.692. The van der Waals surface area contributed by atoms with E-state index in [1.165, 1.54) is 25.7 Å². The molecule has 1 saturated carbocycles. The normalized spacial score (nSPS) is 24.0. The molecular formula is C13H20ClN3S. The van der Waals surface area contributed by atoms with Gasteiger partial charge in [-0.2, -0.15) is 11.8 Å². The summed E-state index contributed by atoms with van der Waals surface area (Å²) in [7, 11) is 0. The third-order valence-corrected chi connectivity index (χ3v) is 5.31. The zero-order valence-electron chi connectivity index (χ0n) is 11.2. The number of halogens is 1. The summed E-state index contributed by atoms with van der Waals surface area (Å²) < 4.78 is 0. The second kappa shape index (κ2) is 6.11. The van der Waals surface area contributed by atoms with E-state index >= 15 is 0 Å². The van der Waals surface area contributed by atoms with Crippen molar-refractivity contribution < 1.29 is 0 Å². The molecule has 18 heavy (non-hydrogen) atoms. The third kappa shape index (κ3) is 3.09. The molecule has 0 atom stereocenters. The monoisotopic (exact) mass is 285 g/mol. The predicted octanol–water partition coefficient (Wildman–Crippen LogP) is 3.83. The van der Waals surface area contributed by atoms with Gasteiger partial charge in [-0.1, -0.05) is 11.6 Å². The van der Waals surface area contributed by atoms with Crippen LogP contribution in [-0.4, -0.2) is 27.7 Å². The van der Waals surface area contributed by atoms with Gasteiger partial charge in [0.1, 0.15) is 0 Å². The van der Waals surface area contributed by atoms with E-state index in [-0.39, 0.29) is 0 Å². The molecule has 1 aliphatic rings. The number of hydrogen-bond donors (Lipinski definition) is 1. The first-order chi connectivity index (χ1) is 8.61. The summed E-state index contributed by atoms with van der Waals surface area (Å²) in [6.07, 6.45) is 7.22. The molecular weight excluding hydrogens is 266 g/mol. The van der Waals surface area contributed by atoms with Gasteiger partial charge in [-0.25, -0.2) is 0 Å². The Labute approximate surface area is 118 Å². The molecule has 0 aromatic carbocycles. The van der Waals surface area contributed by atoms with E-state index < -0.39 is 0 Å². The van der Waals surface area contributed by atoms with Crippen LogP contribution in [0.1, 0.15) is 36.8 Å². The lowest BCUT2D eigenvalue weighted by atomic mass is 9.95. The van der Waals surface area contributed by atoms with Crippen LogP contribution >= 0.6 is 23.4 Å². The average molecular weight is 286 g/mol. The van der Waals surface area contributed by atoms with Gasteiger partial charge in [0.2, 0.25) is 0 Å². The number of hydrogen-bond acceptors (Lipinski definition) is 4. The molecule has 1 N–H and O–H groups in total. The minimum atomic E-state index is 0.504. The number of aromatic nitrogens is 2. The highest BCUT2D eigenvalue weighted by Crippen LogP contribution is 2.29. The maximum absolute atomic E-state index is 5.96. The molecule has 1 heterocycles. The molecule has 0 unspecified atom stereocenters. The molecule has 1 aromatic rings. The first-order valence-electron chi connectivity index (χ1n) is 6.40. The smallest absolute Gasteiger partial charge is 0.155 e. The maximum atomic E-state index is 5.96. The lowest BCUT2D eigenvalue weighted by Crippen LogP contribution is -2.28. The molecule has 0 radical (unpaired) electrons. The van der Waals surface area contributed by atoms with Crippen LogP contribution in [0.2, 0.25) is 5.15 Å². The fourth-order valence-electron chi connectivity index (χ4n) is 2.35. The number of anilines is 1. The summed E-state index contributed by atoms with van der Waals surface area (Å²) in [5.74, 6) is 0.893. The fourth-order valence-corrected chi connectivity index (χ4v) is 3.27. The van der Waals surface area contributed by atoms with Gasteiger partial charge >= 0.3 is 0 Å². The Hall–Kier alpha value is -0.480. The Kier molecular flexibility index (Phi) is 4.73. The van der Waals surface area contributed by atoms with E-state index in [1.54, 1.807) is 0 Å². The minimum Gasteiger partial charge on any atom is -0.366 e. The van der Waals surface area contributed by atoms with Crippen LogP contribution in [0.5, 0.6) is 0 Å². The van der Waals surface area contributed by atoms with Crippen LogP contribution in [-0.2, 0) is 0 Å². The van der Waals surface area contributed by atoms with Crippen LogP contribution in [0.25, 0.3) is 0 Å². The topological polar surface area (TPSA) is 37.8 Å². The van der Waals surface area contributed by atoms with Crippen molar-refractivity contribution >= 4 is 29.2 Å². The van der Waals surface area contributed by atoms with Crippen molar-refractivity contribution in [3.63, 3.8) is 0 Å². The summed E-state index contributed by atoms with van der Waals surface area (Å²) in [6.45, 7) is 4.04. The van der Waals surface area contributed by atoms with Crippen LogP contribution in [0.4, 0.5) is 5.82 Å². The van der Waals surface area contributed by atoms with Gasteiger partial charge in [-0.05, 0) is 56.9 Å². The highest BCUT2D eigenvalue weighted by molar-refractivity contribution is 7.99. The van der Waals surface area contributed by atoms with E-state index in [0.29, 0.717) is 11.2 Å². The number of nitrogens with one attached hydrogen (secondary N) is 1. The predicted molar refractivity (Wildman–Crippen MR) is 79.7 cm³/mol. The first-order valence-corrected chi connectivity index (χ1v) is 8.07. The zero-order valence-corrected chi connectivity index (χ0v) is 12.7. The van der Waals surface area contributed by atoms with E-state index in [1.807, 2.05) is 25.6 Å². The minimum absolute atomic E-state index is 0.504. The zero-order chi connectivity index (χ0) is 13.1. The highest BCUT2D eigenvalue weighted by atomic mass is 35.5. The molecule has 1 aromatic heterocycles. The van der Waals surface area contributed by atoms with E-state index in [2.05, 4.69) is 21.8 Å². The molecule has 0 aliphatic heterocycles. The first kappa shape index (κ1) is 13.9. The van der Waals surface area contributed by atoms with Crippen molar-refractivity contribution in [2.45, 2.75) is 50.8 Å². The molecule has 1 fully saturated rings. The summed E-state index contributed by atoms with van der Waals surface area (Å²) in [4.78, 5) is 0. The van der Waals surface area contributed by atoms with Gasteiger partial charge in [0.05, 0.1) is 0 Å². The summed E-state index contributed by atoms with van der Waals surface area (Å²) >= 11 is 7.95. The van der Waals surface area contributed by atoms with Crippen molar-refractivity contribution in [3.05, 3.63) is 16.3 Å². The summed E-state index contributed by atoms with van der Waals surface area (Å²) in [5, 5.41) is 13.0. The molecule has 5 heteroatoms. The van der Waals surface area contributed by atoms with E-state index in [0.717, 1.165) is 22.2 Å². The third-order valence-electron chi connectivity index (χ3n) is 3.81. The molecule has 0 spiro atoms. The van der Waals surface area contributed by atoms with E-state index in [4.69, 9.17) is 11.6 Å². The van der Waals surface area contributed by atoms with Crippen molar-refractivity contribution in [2.75, 3.05) is 11.6 Å². The molecule has 3 nitrogen and oxygen atoms in total. The molecule has 0 amide bonds. The van der Waals surface area contributed by atoms with Gasteiger partial charge < -0.3 is 5.32 Å². The SMILES string of the molecule is CSC1CCC(Nc2nnc(Cl)c(C)c2C)CC1. The standard InChI is InChI=1S/C13H20ClN3S/c1-8-9(2)13(17-16-12(8)14)15-10-4-6-11(18-3)7-5-10/h10-11H,4-7H2,1-3H3,(H,15,17). The molecule has 0 bridgehead atoms.